The van der Waals surface area contributed by atoms with Gasteiger partial charge in [0.05, 0.1) is 16.7 Å². The Morgan fingerprint density at radius 2 is 1.80 bits per heavy atom. The summed E-state index contributed by atoms with van der Waals surface area (Å²) in [7, 11) is 0. The van der Waals surface area contributed by atoms with E-state index in [9.17, 15) is 0 Å². The molecular weight excluding hydrogens is 382 g/mol. The lowest BCUT2D eigenvalue weighted by atomic mass is 10.2. The Morgan fingerprint density at radius 3 is 2.60 bits per heavy atom. The van der Waals surface area contributed by atoms with Gasteiger partial charge in [-0.3, -0.25) is 4.40 Å². The van der Waals surface area contributed by atoms with Crippen LogP contribution in [-0.2, 0) is 0 Å². The van der Waals surface area contributed by atoms with Gasteiger partial charge in [0.2, 0.25) is 5.78 Å². The maximum Gasteiger partial charge on any atom is 0.213 e. The largest absolute Gasteiger partial charge is 0.323 e. The van der Waals surface area contributed by atoms with Crippen LogP contribution in [0.3, 0.4) is 0 Å². The molecule has 0 spiro atoms. The average Bonchev–Trinajstić information content (AvgIpc) is 2.93. The van der Waals surface area contributed by atoms with E-state index in [1.54, 1.807) is 0 Å². The molecule has 3 nitrogen and oxygen atoms in total. The van der Waals surface area contributed by atoms with E-state index in [-0.39, 0.29) is 0 Å². The molecular formula is C15H9Br2N3. The lowest BCUT2D eigenvalue weighted by molar-refractivity contribution is 1.25. The molecule has 0 radical (unpaired) electrons. The fraction of sp³-hybridized carbons (Fsp3) is 0. The normalized spacial score (nSPS) is 11.5. The summed E-state index contributed by atoms with van der Waals surface area (Å²) in [4.78, 5) is 7.91. The van der Waals surface area contributed by atoms with Gasteiger partial charge >= 0.3 is 0 Å². The second kappa shape index (κ2) is 4.46. The van der Waals surface area contributed by atoms with Crippen LogP contribution in [0, 0.1) is 0 Å². The molecule has 5 heteroatoms. The van der Waals surface area contributed by atoms with Crippen LogP contribution in [0.4, 0.5) is 0 Å². The van der Waals surface area contributed by atoms with E-state index in [1.165, 1.54) is 0 Å². The number of H-pyrrole nitrogens is 1. The lowest BCUT2D eigenvalue weighted by Crippen LogP contribution is -1.86. The van der Waals surface area contributed by atoms with Gasteiger partial charge in [0, 0.05) is 10.0 Å². The summed E-state index contributed by atoms with van der Waals surface area (Å²) in [5.41, 5.74) is 4.37. The zero-order valence-electron chi connectivity index (χ0n) is 10.3. The SMILES string of the molecule is Brc1ccc2c(c1)[nH]c1nc(Br)c(-c3ccccc3)n12. The van der Waals surface area contributed by atoms with Gasteiger partial charge in [-0.1, -0.05) is 46.3 Å². The van der Waals surface area contributed by atoms with Crippen molar-refractivity contribution in [2.24, 2.45) is 0 Å². The number of halogens is 2. The second-order valence-electron chi connectivity index (χ2n) is 4.56. The van der Waals surface area contributed by atoms with Crippen molar-refractivity contribution in [3.05, 3.63) is 57.6 Å². The molecule has 98 valence electrons. The van der Waals surface area contributed by atoms with Crippen LogP contribution in [0.2, 0.25) is 0 Å². The van der Waals surface area contributed by atoms with Crippen molar-refractivity contribution in [1.82, 2.24) is 14.4 Å². The number of hydrogen-bond donors (Lipinski definition) is 1. The second-order valence-corrected chi connectivity index (χ2v) is 6.23. The van der Waals surface area contributed by atoms with Crippen molar-refractivity contribution in [2.75, 3.05) is 0 Å². The fourth-order valence-corrected chi connectivity index (χ4v) is 3.42. The number of aromatic nitrogens is 3. The fourth-order valence-electron chi connectivity index (χ4n) is 2.48. The molecule has 0 bridgehead atoms. The monoisotopic (exact) mass is 389 g/mol. The predicted octanol–water partition coefficient (Wildman–Crippen LogP) is 5.01. The molecule has 2 aromatic heterocycles. The molecule has 0 saturated carbocycles. The number of fused-ring (bicyclic) bond motifs is 3. The van der Waals surface area contributed by atoms with E-state index in [0.29, 0.717) is 0 Å². The number of benzene rings is 2. The molecule has 0 unspecified atom stereocenters. The van der Waals surface area contributed by atoms with Crippen LogP contribution in [0.25, 0.3) is 28.1 Å². The smallest absolute Gasteiger partial charge is 0.213 e. The first-order valence-electron chi connectivity index (χ1n) is 6.14. The van der Waals surface area contributed by atoms with Crippen molar-refractivity contribution in [1.29, 1.82) is 0 Å². The zero-order valence-corrected chi connectivity index (χ0v) is 13.4. The highest BCUT2D eigenvalue weighted by Crippen LogP contribution is 2.32. The van der Waals surface area contributed by atoms with Crippen molar-refractivity contribution >= 4 is 48.7 Å². The summed E-state index contributed by atoms with van der Waals surface area (Å²) < 4.78 is 4.04. The van der Waals surface area contributed by atoms with Gasteiger partial charge in [0.1, 0.15) is 4.60 Å². The van der Waals surface area contributed by atoms with E-state index < -0.39 is 0 Å². The van der Waals surface area contributed by atoms with Crippen molar-refractivity contribution in [3.8, 4) is 11.3 Å². The number of hydrogen-bond acceptors (Lipinski definition) is 1. The van der Waals surface area contributed by atoms with Crippen LogP contribution in [0.5, 0.6) is 0 Å². The minimum atomic E-state index is 0.837. The first-order chi connectivity index (χ1) is 9.74. The zero-order chi connectivity index (χ0) is 13.7. The van der Waals surface area contributed by atoms with Gasteiger partial charge in [-0.15, -0.1) is 0 Å². The van der Waals surface area contributed by atoms with Crippen molar-refractivity contribution in [3.63, 3.8) is 0 Å². The first kappa shape index (κ1) is 12.2. The maximum absolute atomic E-state index is 4.57. The van der Waals surface area contributed by atoms with Gasteiger partial charge in [-0.2, -0.15) is 0 Å². The Bertz CT molecular complexity index is 923. The number of rotatable bonds is 1. The summed E-state index contributed by atoms with van der Waals surface area (Å²) >= 11 is 7.06. The third-order valence-corrected chi connectivity index (χ3v) is 4.37. The maximum atomic E-state index is 4.57. The molecule has 0 atom stereocenters. The molecule has 2 aromatic carbocycles. The van der Waals surface area contributed by atoms with Gasteiger partial charge in [0.15, 0.2) is 0 Å². The predicted molar refractivity (Wildman–Crippen MR) is 87.9 cm³/mol. The summed E-state index contributed by atoms with van der Waals surface area (Å²) in [6.07, 6.45) is 0. The Morgan fingerprint density at radius 1 is 1.00 bits per heavy atom. The van der Waals surface area contributed by atoms with E-state index in [1.807, 2.05) is 24.3 Å². The number of imidazole rings is 2. The third-order valence-electron chi connectivity index (χ3n) is 3.33. The van der Waals surface area contributed by atoms with E-state index in [2.05, 4.69) is 70.5 Å². The van der Waals surface area contributed by atoms with Crippen LogP contribution in [-0.4, -0.2) is 14.4 Å². The molecule has 0 aliphatic carbocycles. The number of nitrogens with zero attached hydrogens (tertiary/aromatic N) is 2. The molecule has 20 heavy (non-hydrogen) atoms. The topological polar surface area (TPSA) is 33.1 Å². The molecule has 2 heterocycles. The van der Waals surface area contributed by atoms with Crippen LogP contribution >= 0.6 is 31.9 Å². The Kier molecular flexibility index (Phi) is 2.72. The van der Waals surface area contributed by atoms with Crippen molar-refractivity contribution < 1.29 is 0 Å². The number of nitrogens with one attached hydrogen (secondary N) is 1. The highest BCUT2D eigenvalue weighted by molar-refractivity contribution is 9.10. The average molecular weight is 391 g/mol. The standard InChI is InChI=1S/C15H9Br2N3/c16-10-6-7-12-11(8-10)18-15-19-14(17)13(20(12)15)9-4-2-1-3-5-9/h1-8H,(H,18,19). The highest BCUT2D eigenvalue weighted by Gasteiger charge is 2.16. The lowest BCUT2D eigenvalue weighted by Gasteiger charge is -2.02. The summed E-state index contributed by atoms with van der Waals surface area (Å²) in [6, 6.07) is 16.5. The quantitative estimate of drug-likeness (QED) is 0.487. The molecule has 0 aliphatic heterocycles. The third kappa shape index (κ3) is 1.73. The molecule has 0 amide bonds. The molecule has 4 aromatic rings. The van der Waals surface area contributed by atoms with Crippen LogP contribution < -0.4 is 0 Å². The number of aromatic amines is 1. The first-order valence-corrected chi connectivity index (χ1v) is 7.73. The summed E-state index contributed by atoms with van der Waals surface area (Å²) in [5.74, 6) is 0.837. The molecule has 1 N–H and O–H groups in total. The Labute approximate surface area is 131 Å². The molecule has 4 rings (SSSR count). The van der Waals surface area contributed by atoms with Gasteiger partial charge in [-0.05, 0) is 34.1 Å². The minimum Gasteiger partial charge on any atom is -0.323 e. The van der Waals surface area contributed by atoms with Gasteiger partial charge in [0.25, 0.3) is 0 Å². The molecule has 0 aliphatic rings. The highest BCUT2D eigenvalue weighted by atomic mass is 79.9. The van der Waals surface area contributed by atoms with Crippen molar-refractivity contribution in [2.45, 2.75) is 0 Å². The molecule has 0 fully saturated rings. The van der Waals surface area contributed by atoms with Gasteiger partial charge in [-0.25, -0.2) is 4.98 Å². The summed E-state index contributed by atoms with van der Waals surface area (Å²) in [5, 5.41) is 0. The summed E-state index contributed by atoms with van der Waals surface area (Å²) in [6.45, 7) is 0. The van der Waals surface area contributed by atoms with E-state index in [0.717, 1.165) is 37.1 Å². The van der Waals surface area contributed by atoms with Gasteiger partial charge < -0.3 is 4.98 Å². The molecule has 0 saturated heterocycles. The minimum absolute atomic E-state index is 0.837. The van der Waals surface area contributed by atoms with E-state index >= 15 is 0 Å². The van der Waals surface area contributed by atoms with Crippen LogP contribution in [0.15, 0.2) is 57.6 Å². The van der Waals surface area contributed by atoms with Crippen LogP contribution in [0.1, 0.15) is 0 Å². The Hall–Kier alpha value is -1.59. The van der Waals surface area contributed by atoms with E-state index in [4.69, 9.17) is 0 Å². The Balaban J connectivity index is 2.14.